The van der Waals surface area contributed by atoms with Crippen molar-refractivity contribution in [3.05, 3.63) is 146 Å². The van der Waals surface area contributed by atoms with E-state index in [2.05, 4.69) is 28.0 Å². The van der Waals surface area contributed by atoms with Gasteiger partial charge in [0.05, 0.1) is 34.5 Å². The molecule has 0 radical (unpaired) electrons. The molecular weight excluding hydrogens is 612 g/mol. The van der Waals surface area contributed by atoms with E-state index < -0.39 is 0 Å². The van der Waals surface area contributed by atoms with Crippen LogP contribution in [0.1, 0.15) is 0 Å². The molecule has 2 N–H and O–H groups in total. The second-order valence-electron chi connectivity index (χ2n) is 12.0. The Morgan fingerprint density at radius 2 is 0.918 bits per heavy atom. The van der Waals surface area contributed by atoms with Crippen LogP contribution in [0.25, 0.3) is 0 Å². The summed E-state index contributed by atoms with van der Waals surface area (Å²) in [5.41, 5.74) is 12.8. The number of allylic oxidation sites excluding steroid dienone is 2. The number of nitrogens with two attached hydrogens (primary N) is 1. The molecule has 1 aliphatic carbocycles. The summed E-state index contributed by atoms with van der Waals surface area (Å²) in [5.74, 6) is 4.58. The van der Waals surface area contributed by atoms with Gasteiger partial charge in [0.25, 0.3) is 0 Å². The van der Waals surface area contributed by atoms with Gasteiger partial charge in [-0.1, -0.05) is 78.9 Å². The maximum Gasteiger partial charge on any atom is 0.186 e. The summed E-state index contributed by atoms with van der Waals surface area (Å²) in [6.07, 6.45) is 8.02. The normalized spacial score (nSPS) is 17.7. The molecule has 3 aliphatic heterocycles. The molecule has 9 heteroatoms. The number of benzene rings is 5. The quantitative estimate of drug-likeness (QED) is 0.203. The molecule has 4 aliphatic rings. The molecule has 49 heavy (non-hydrogen) atoms. The van der Waals surface area contributed by atoms with E-state index >= 15 is 0 Å². The minimum absolute atomic E-state index is 0.228. The Morgan fingerprint density at radius 3 is 1.47 bits per heavy atom. The standard InChI is InChI=1S/C40H28N6O3/c41-37-38(44-25-13-1-7-19-31(25)47-32-20-8-2-14-26(32)44)40(46-29-17-5-11-23-35(29)49-36-24-12-6-18-30(36)46)43-42-39(37)45-27-15-3-9-21-33(27)48-34-22-10-4-16-28(34)45/h1-25,31H,(H2,41,43). The molecule has 2 atom stereocenters. The van der Waals surface area contributed by atoms with Gasteiger partial charge in [0.1, 0.15) is 23.2 Å². The molecule has 9 nitrogen and oxygen atoms in total. The van der Waals surface area contributed by atoms with Crippen LogP contribution in [0.4, 0.5) is 51.4 Å². The monoisotopic (exact) mass is 640 g/mol. The summed E-state index contributed by atoms with van der Waals surface area (Å²) in [5, 5.41) is 10.1. The summed E-state index contributed by atoms with van der Waals surface area (Å²) >= 11 is 0. The summed E-state index contributed by atoms with van der Waals surface area (Å²) < 4.78 is 19.3. The van der Waals surface area contributed by atoms with Crippen LogP contribution in [0.2, 0.25) is 0 Å². The zero-order chi connectivity index (χ0) is 32.5. The van der Waals surface area contributed by atoms with Gasteiger partial charge in [0, 0.05) is 0 Å². The first-order chi connectivity index (χ1) is 24.2. The Labute approximate surface area is 282 Å². The van der Waals surface area contributed by atoms with E-state index in [0.717, 1.165) is 34.2 Å². The Kier molecular flexibility index (Phi) is 5.95. The number of hydrogen-bond donors (Lipinski definition) is 1. The van der Waals surface area contributed by atoms with Crippen molar-refractivity contribution >= 4 is 51.4 Å². The lowest BCUT2D eigenvalue weighted by atomic mass is 9.98. The topological polar surface area (TPSA) is 89.2 Å². The van der Waals surface area contributed by atoms with Crippen LogP contribution in [0.3, 0.4) is 0 Å². The molecular formula is C40H28N6O3. The van der Waals surface area contributed by atoms with Crippen molar-refractivity contribution in [2.75, 3.05) is 20.4 Å². The van der Waals surface area contributed by atoms with Crippen molar-refractivity contribution in [3.8, 4) is 28.7 Å². The van der Waals surface area contributed by atoms with Gasteiger partial charge >= 0.3 is 0 Å². The molecule has 5 aromatic carbocycles. The highest BCUT2D eigenvalue weighted by Crippen LogP contribution is 2.58. The average molecular weight is 641 g/mol. The first kappa shape index (κ1) is 27.4. The molecule has 236 valence electrons. The van der Waals surface area contributed by atoms with Gasteiger partial charge in [0.15, 0.2) is 34.6 Å². The fourth-order valence-corrected chi connectivity index (χ4v) is 7.09. The van der Waals surface area contributed by atoms with Gasteiger partial charge in [-0.2, -0.15) is 0 Å². The van der Waals surface area contributed by atoms with Crippen molar-refractivity contribution in [2.24, 2.45) is 0 Å². The van der Waals surface area contributed by atoms with Crippen molar-refractivity contribution in [1.29, 1.82) is 0 Å². The third-order valence-electron chi connectivity index (χ3n) is 9.22. The van der Waals surface area contributed by atoms with Crippen LogP contribution in [0.5, 0.6) is 28.7 Å². The first-order valence-corrected chi connectivity index (χ1v) is 16.1. The van der Waals surface area contributed by atoms with Crippen LogP contribution >= 0.6 is 0 Å². The van der Waals surface area contributed by atoms with E-state index in [1.54, 1.807) is 0 Å². The lowest BCUT2D eigenvalue weighted by Crippen LogP contribution is -2.47. The molecule has 4 heterocycles. The molecule has 0 saturated carbocycles. The second kappa shape index (κ2) is 10.6. The predicted molar refractivity (Wildman–Crippen MR) is 191 cm³/mol. The van der Waals surface area contributed by atoms with Crippen LogP contribution in [0.15, 0.2) is 146 Å². The summed E-state index contributed by atoms with van der Waals surface area (Å²) in [6.45, 7) is 0. The Morgan fingerprint density at radius 1 is 0.490 bits per heavy atom. The fourth-order valence-electron chi connectivity index (χ4n) is 7.09. The van der Waals surface area contributed by atoms with Crippen LogP contribution in [0, 0.1) is 0 Å². The third-order valence-corrected chi connectivity index (χ3v) is 9.22. The van der Waals surface area contributed by atoms with Crippen molar-refractivity contribution < 1.29 is 14.2 Å². The van der Waals surface area contributed by atoms with E-state index in [4.69, 9.17) is 30.1 Å². The van der Waals surface area contributed by atoms with Crippen molar-refractivity contribution in [1.82, 2.24) is 10.2 Å². The highest BCUT2D eigenvalue weighted by Gasteiger charge is 2.41. The van der Waals surface area contributed by atoms with Gasteiger partial charge < -0.3 is 24.8 Å². The summed E-state index contributed by atoms with van der Waals surface area (Å²) in [6, 6.07) is 39.4. The Bertz CT molecular complexity index is 2260. The first-order valence-electron chi connectivity index (χ1n) is 16.1. The van der Waals surface area contributed by atoms with E-state index in [0.29, 0.717) is 46.0 Å². The molecule has 0 bridgehead atoms. The minimum Gasteiger partial charge on any atom is -0.482 e. The zero-order valence-electron chi connectivity index (χ0n) is 26.0. The number of para-hydroxylation sites is 10. The number of ether oxygens (including phenoxy) is 3. The van der Waals surface area contributed by atoms with Crippen molar-refractivity contribution in [2.45, 2.75) is 12.1 Å². The predicted octanol–water partition coefficient (Wildman–Crippen LogP) is 9.60. The number of nitrogen functional groups attached to an aromatic ring is 1. The van der Waals surface area contributed by atoms with Gasteiger partial charge in [-0.3, -0.25) is 9.80 Å². The van der Waals surface area contributed by atoms with E-state index in [1.165, 1.54) is 0 Å². The SMILES string of the molecule is Nc1c(N2c3ccccc3Oc3ccccc32)nnc(N2c3ccccc3Oc3ccccc32)c1N1c2ccccc2OC2C=CC=CC21. The smallest absolute Gasteiger partial charge is 0.186 e. The summed E-state index contributed by atoms with van der Waals surface area (Å²) in [7, 11) is 0. The molecule has 0 spiro atoms. The lowest BCUT2D eigenvalue weighted by Gasteiger charge is -2.44. The van der Waals surface area contributed by atoms with E-state index in [9.17, 15) is 0 Å². The van der Waals surface area contributed by atoms with Gasteiger partial charge in [-0.15, -0.1) is 10.2 Å². The second-order valence-corrected chi connectivity index (χ2v) is 12.0. The number of hydrogen-bond acceptors (Lipinski definition) is 9. The van der Waals surface area contributed by atoms with Gasteiger partial charge in [-0.05, 0) is 66.7 Å². The van der Waals surface area contributed by atoms with Gasteiger partial charge in [0.2, 0.25) is 0 Å². The van der Waals surface area contributed by atoms with Gasteiger partial charge in [-0.25, -0.2) is 0 Å². The largest absolute Gasteiger partial charge is 0.482 e. The molecule has 1 aromatic heterocycles. The Hall–Kier alpha value is -6.74. The zero-order valence-corrected chi connectivity index (χ0v) is 26.0. The number of nitrogens with zero attached hydrogens (tertiary/aromatic N) is 5. The van der Waals surface area contributed by atoms with Crippen LogP contribution in [-0.4, -0.2) is 22.3 Å². The molecule has 0 amide bonds. The Balaban J connectivity index is 1.29. The number of fused-ring (bicyclic) bond motifs is 6. The molecule has 0 saturated heterocycles. The molecule has 10 rings (SSSR count). The number of rotatable bonds is 3. The highest BCUT2D eigenvalue weighted by molar-refractivity contribution is 6.01. The lowest BCUT2D eigenvalue weighted by molar-refractivity contribution is 0.218. The fraction of sp³-hybridized carbons (Fsp3) is 0.0500. The van der Waals surface area contributed by atoms with Crippen molar-refractivity contribution in [3.63, 3.8) is 0 Å². The van der Waals surface area contributed by atoms with Crippen LogP contribution < -0.4 is 34.6 Å². The molecule has 6 aromatic rings. The number of anilines is 9. The maximum atomic E-state index is 7.52. The molecule has 0 fully saturated rings. The van der Waals surface area contributed by atoms with Crippen LogP contribution in [-0.2, 0) is 0 Å². The number of aromatic nitrogens is 2. The third kappa shape index (κ3) is 4.12. The summed E-state index contributed by atoms with van der Waals surface area (Å²) in [4.78, 5) is 6.37. The highest BCUT2D eigenvalue weighted by atomic mass is 16.5. The van der Waals surface area contributed by atoms with E-state index in [-0.39, 0.29) is 12.1 Å². The maximum absolute atomic E-state index is 7.52. The van der Waals surface area contributed by atoms with E-state index in [1.807, 2.05) is 132 Å². The average Bonchev–Trinajstić information content (AvgIpc) is 3.15. The molecule has 2 unspecified atom stereocenters. The minimum atomic E-state index is -0.266.